The number of carbonyl (C=O) groups excluding carboxylic acids is 3. The van der Waals surface area contributed by atoms with Gasteiger partial charge < -0.3 is 10.1 Å². The summed E-state index contributed by atoms with van der Waals surface area (Å²) in [6.45, 7) is 6.96. The Morgan fingerprint density at radius 2 is 1.58 bits per heavy atom. The number of ether oxygens (including phenoxy) is 1. The largest absolute Gasteiger partial charge is 0.451 e. The van der Waals surface area contributed by atoms with Crippen LogP contribution >= 0.6 is 0 Å². The topological polar surface area (TPSA) is 116 Å². The fraction of sp³-hybridized carbons (Fsp3) is 0.273. The summed E-state index contributed by atoms with van der Waals surface area (Å²) in [6, 6.07) is 12.9. The molecule has 0 radical (unpaired) electrons. The van der Waals surface area contributed by atoms with Gasteiger partial charge in [0.2, 0.25) is 11.7 Å². The van der Waals surface area contributed by atoms with Gasteiger partial charge in [0.15, 0.2) is 6.10 Å². The first kappa shape index (κ1) is 21.8. The number of hydrogen-bond acceptors (Lipinski definition) is 7. The molecule has 0 saturated heterocycles. The van der Waals surface area contributed by atoms with Crippen LogP contribution in [0.25, 0.3) is 5.69 Å². The van der Waals surface area contributed by atoms with Gasteiger partial charge >= 0.3 is 5.97 Å². The number of carbonyl (C=O) groups is 3. The summed E-state index contributed by atoms with van der Waals surface area (Å²) in [5, 5.41) is 13.7. The van der Waals surface area contributed by atoms with Crippen molar-refractivity contribution in [2.45, 2.75) is 33.8 Å². The van der Waals surface area contributed by atoms with E-state index in [-0.39, 0.29) is 11.7 Å². The fourth-order valence-electron chi connectivity index (χ4n) is 2.58. The Morgan fingerprint density at radius 1 is 0.968 bits per heavy atom. The van der Waals surface area contributed by atoms with Crippen LogP contribution in [0, 0.1) is 5.41 Å². The van der Waals surface area contributed by atoms with Crippen molar-refractivity contribution in [3.63, 3.8) is 0 Å². The van der Waals surface area contributed by atoms with Crippen molar-refractivity contribution in [3.05, 3.63) is 66.0 Å². The first-order valence-corrected chi connectivity index (χ1v) is 9.65. The molecule has 31 heavy (non-hydrogen) atoms. The summed E-state index contributed by atoms with van der Waals surface area (Å²) in [4.78, 5) is 37.1. The molecule has 0 fully saturated rings. The van der Waals surface area contributed by atoms with Gasteiger partial charge in [0.05, 0.1) is 11.3 Å². The molecule has 0 unspecified atom stereocenters. The maximum absolute atomic E-state index is 12.6. The van der Waals surface area contributed by atoms with E-state index in [1.54, 1.807) is 48.5 Å². The van der Waals surface area contributed by atoms with Crippen LogP contribution in [0.1, 0.15) is 48.4 Å². The van der Waals surface area contributed by atoms with E-state index in [0.717, 1.165) is 0 Å². The van der Waals surface area contributed by atoms with Gasteiger partial charge in [0.25, 0.3) is 0 Å². The van der Waals surface area contributed by atoms with E-state index in [0.29, 0.717) is 22.5 Å². The normalized spacial score (nSPS) is 12.1. The molecule has 0 spiro atoms. The minimum Gasteiger partial charge on any atom is -0.451 e. The maximum atomic E-state index is 12.6. The summed E-state index contributed by atoms with van der Waals surface area (Å²) in [6.07, 6.45) is 0.468. The highest BCUT2D eigenvalue weighted by Crippen LogP contribution is 2.19. The predicted molar refractivity (Wildman–Crippen MR) is 113 cm³/mol. The molecule has 1 aromatic heterocycles. The van der Waals surface area contributed by atoms with Crippen molar-refractivity contribution in [3.8, 4) is 5.69 Å². The second-order valence-electron chi connectivity index (χ2n) is 7.99. The van der Waals surface area contributed by atoms with Crippen LogP contribution in [0.15, 0.2) is 54.9 Å². The lowest BCUT2D eigenvalue weighted by Crippen LogP contribution is -2.27. The quantitative estimate of drug-likeness (QED) is 0.480. The summed E-state index contributed by atoms with van der Waals surface area (Å²) >= 11 is 0. The van der Waals surface area contributed by atoms with Gasteiger partial charge in [-0.25, -0.2) is 9.48 Å². The third-order valence-corrected chi connectivity index (χ3v) is 4.48. The zero-order valence-electron chi connectivity index (χ0n) is 17.7. The monoisotopic (exact) mass is 421 g/mol. The number of anilines is 1. The van der Waals surface area contributed by atoms with Crippen molar-refractivity contribution < 1.29 is 19.1 Å². The highest BCUT2D eigenvalue weighted by Gasteiger charge is 2.22. The second kappa shape index (κ2) is 8.86. The molecule has 9 nitrogen and oxygen atoms in total. The Hall–Kier alpha value is -3.88. The van der Waals surface area contributed by atoms with Crippen LogP contribution in [-0.2, 0) is 9.53 Å². The van der Waals surface area contributed by atoms with Crippen molar-refractivity contribution in [1.82, 2.24) is 20.2 Å². The van der Waals surface area contributed by atoms with Gasteiger partial charge in [-0.3, -0.25) is 9.59 Å². The summed E-state index contributed by atoms with van der Waals surface area (Å²) in [5.41, 5.74) is 1.43. The van der Waals surface area contributed by atoms with Crippen LogP contribution in [0.2, 0.25) is 0 Å². The average Bonchev–Trinajstić information content (AvgIpc) is 3.28. The van der Waals surface area contributed by atoms with E-state index >= 15 is 0 Å². The lowest BCUT2D eigenvalue weighted by Gasteiger charge is -2.18. The predicted octanol–water partition coefficient (Wildman–Crippen LogP) is 3.08. The standard InChI is InChI=1S/C22H23N5O4/c1-14(19(28)15-5-9-17(10-6-15)24-21(30)22(2,3)4)31-20(29)16-7-11-18(12-8-16)27-13-23-25-26-27/h5-14H,1-4H3,(H,24,30)/t14-/m1/s1. The number of Topliss-reactive ketones (excluding diaryl/α,β-unsaturated/α-hetero) is 1. The molecule has 1 amide bonds. The van der Waals surface area contributed by atoms with Crippen LogP contribution in [0.4, 0.5) is 5.69 Å². The first-order valence-electron chi connectivity index (χ1n) is 9.65. The molecule has 0 aliphatic carbocycles. The van der Waals surface area contributed by atoms with Gasteiger partial charge in [-0.15, -0.1) is 5.10 Å². The summed E-state index contributed by atoms with van der Waals surface area (Å²) in [7, 11) is 0. The van der Waals surface area contributed by atoms with E-state index in [2.05, 4.69) is 20.8 Å². The molecule has 2 aromatic carbocycles. The molecular formula is C22H23N5O4. The number of tetrazole rings is 1. The Bertz CT molecular complexity index is 1070. The Morgan fingerprint density at radius 3 is 2.13 bits per heavy atom. The number of benzene rings is 2. The smallest absolute Gasteiger partial charge is 0.338 e. The van der Waals surface area contributed by atoms with E-state index in [9.17, 15) is 14.4 Å². The third kappa shape index (κ3) is 5.39. The lowest BCUT2D eigenvalue weighted by molar-refractivity contribution is -0.123. The number of ketones is 1. The van der Waals surface area contributed by atoms with E-state index < -0.39 is 17.5 Å². The van der Waals surface area contributed by atoms with Crippen molar-refractivity contribution in [2.24, 2.45) is 5.41 Å². The second-order valence-corrected chi connectivity index (χ2v) is 7.99. The highest BCUT2D eigenvalue weighted by molar-refractivity contribution is 6.02. The van der Waals surface area contributed by atoms with Crippen LogP contribution in [-0.4, -0.2) is 44.0 Å². The van der Waals surface area contributed by atoms with E-state index in [1.807, 2.05) is 20.8 Å². The molecular weight excluding hydrogens is 398 g/mol. The molecule has 1 atom stereocenters. The SMILES string of the molecule is C[C@@H](OC(=O)c1ccc(-n2cnnn2)cc1)C(=O)c1ccc(NC(=O)C(C)(C)C)cc1. The van der Waals surface area contributed by atoms with Crippen molar-refractivity contribution >= 4 is 23.3 Å². The van der Waals surface area contributed by atoms with Crippen molar-refractivity contribution in [1.29, 1.82) is 0 Å². The van der Waals surface area contributed by atoms with E-state index in [4.69, 9.17) is 4.74 Å². The minimum atomic E-state index is -0.971. The van der Waals surface area contributed by atoms with Gasteiger partial charge in [-0.2, -0.15) is 0 Å². The summed E-state index contributed by atoms with van der Waals surface area (Å²) in [5.74, 6) is -1.08. The molecule has 1 heterocycles. The van der Waals surface area contributed by atoms with Gasteiger partial charge in [-0.05, 0) is 65.9 Å². The Labute approximate surface area is 179 Å². The zero-order chi connectivity index (χ0) is 22.6. The zero-order valence-corrected chi connectivity index (χ0v) is 17.7. The maximum Gasteiger partial charge on any atom is 0.338 e. The van der Waals surface area contributed by atoms with Crippen LogP contribution in [0.3, 0.4) is 0 Å². The number of aromatic nitrogens is 4. The summed E-state index contributed by atoms with van der Waals surface area (Å²) < 4.78 is 6.77. The number of rotatable bonds is 6. The molecule has 0 aliphatic rings. The average molecular weight is 421 g/mol. The number of nitrogens with zero attached hydrogens (tertiary/aromatic N) is 4. The van der Waals surface area contributed by atoms with Gasteiger partial charge in [0.1, 0.15) is 6.33 Å². The molecule has 3 rings (SSSR count). The molecule has 9 heteroatoms. The Balaban J connectivity index is 1.61. The number of amides is 1. The fourth-order valence-corrected chi connectivity index (χ4v) is 2.58. The Kier molecular flexibility index (Phi) is 6.24. The number of esters is 1. The lowest BCUT2D eigenvalue weighted by atomic mass is 9.95. The van der Waals surface area contributed by atoms with E-state index in [1.165, 1.54) is 17.9 Å². The van der Waals surface area contributed by atoms with Gasteiger partial charge in [0, 0.05) is 16.7 Å². The minimum absolute atomic E-state index is 0.125. The molecule has 0 saturated carbocycles. The first-order chi connectivity index (χ1) is 14.6. The van der Waals surface area contributed by atoms with Crippen LogP contribution in [0.5, 0.6) is 0 Å². The third-order valence-electron chi connectivity index (χ3n) is 4.48. The highest BCUT2D eigenvalue weighted by atomic mass is 16.5. The van der Waals surface area contributed by atoms with Crippen LogP contribution < -0.4 is 5.32 Å². The molecule has 1 N–H and O–H groups in total. The number of hydrogen-bond donors (Lipinski definition) is 1. The number of nitrogens with one attached hydrogen (secondary N) is 1. The molecule has 0 bridgehead atoms. The molecule has 0 aliphatic heterocycles. The van der Waals surface area contributed by atoms with Crippen molar-refractivity contribution in [2.75, 3.05) is 5.32 Å². The van der Waals surface area contributed by atoms with Gasteiger partial charge in [-0.1, -0.05) is 20.8 Å². The molecule has 3 aromatic rings. The molecule has 160 valence electrons.